The van der Waals surface area contributed by atoms with Crippen LogP contribution in [-0.2, 0) is 6.54 Å². The Morgan fingerprint density at radius 3 is 2.57 bits per heavy atom. The molecule has 0 bridgehead atoms. The number of ether oxygens (including phenoxy) is 1. The fraction of sp³-hybridized carbons (Fsp3) is 0.158. The molecule has 9 heteroatoms. The summed E-state index contributed by atoms with van der Waals surface area (Å²) < 4.78 is 20.2. The average molecular weight is 384 g/mol. The fourth-order valence-corrected chi connectivity index (χ4v) is 2.62. The number of benzene rings is 2. The lowest BCUT2D eigenvalue weighted by molar-refractivity contribution is -0.385. The maximum absolute atomic E-state index is 13.0. The highest BCUT2D eigenvalue weighted by Gasteiger charge is 2.24. The van der Waals surface area contributed by atoms with E-state index in [1.165, 1.54) is 47.1 Å². The lowest BCUT2D eigenvalue weighted by Gasteiger charge is -2.08. The van der Waals surface area contributed by atoms with Gasteiger partial charge in [0.1, 0.15) is 5.82 Å². The monoisotopic (exact) mass is 384 g/mol. The highest BCUT2D eigenvalue weighted by Crippen LogP contribution is 2.33. The van der Waals surface area contributed by atoms with Gasteiger partial charge in [-0.1, -0.05) is 12.1 Å². The molecule has 144 valence electrons. The lowest BCUT2D eigenvalue weighted by atomic mass is 10.2. The number of carbonyl (C=O) groups excluding carboxylic acids is 1. The number of hydrogen-bond acceptors (Lipinski definition) is 5. The molecule has 0 spiro atoms. The molecule has 0 aliphatic rings. The maximum Gasteiger partial charge on any atom is 0.311 e. The number of anilines is 1. The summed E-state index contributed by atoms with van der Waals surface area (Å²) in [5, 5.41) is 18.1. The molecule has 0 radical (unpaired) electrons. The normalized spacial score (nSPS) is 10.5. The molecule has 1 amide bonds. The molecule has 1 aromatic heterocycles. The Morgan fingerprint density at radius 2 is 1.93 bits per heavy atom. The van der Waals surface area contributed by atoms with Crippen LogP contribution in [0, 0.1) is 22.9 Å². The van der Waals surface area contributed by atoms with Crippen LogP contribution in [0.3, 0.4) is 0 Å². The van der Waals surface area contributed by atoms with E-state index in [1.54, 1.807) is 19.9 Å². The first kappa shape index (κ1) is 19.0. The standard InChI is InChI=1S/C19H17FN4O4/c1-3-23-19(28-16-7-5-4-6-15(16)24(26)27)12(2)17(22-23)18(25)21-14-10-8-13(20)9-11-14/h4-11H,3H2,1-2H3,(H,21,25). The van der Waals surface area contributed by atoms with E-state index in [2.05, 4.69) is 10.4 Å². The molecule has 28 heavy (non-hydrogen) atoms. The van der Waals surface area contributed by atoms with Crippen molar-refractivity contribution in [2.45, 2.75) is 20.4 Å². The SMILES string of the molecule is CCn1nc(C(=O)Nc2ccc(F)cc2)c(C)c1Oc1ccccc1[N+](=O)[O-]. The largest absolute Gasteiger partial charge is 0.432 e. The van der Waals surface area contributed by atoms with Crippen molar-refractivity contribution in [2.24, 2.45) is 0 Å². The van der Waals surface area contributed by atoms with Crippen molar-refractivity contribution in [3.63, 3.8) is 0 Å². The van der Waals surface area contributed by atoms with Crippen LogP contribution >= 0.6 is 0 Å². The van der Waals surface area contributed by atoms with E-state index in [0.717, 1.165) is 0 Å². The molecule has 0 aliphatic carbocycles. The minimum Gasteiger partial charge on any atom is -0.432 e. The second-order valence-electron chi connectivity index (χ2n) is 5.88. The highest BCUT2D eigenvalue weighted by molar-refractivity contribution is 6.04. The van der Waals surface area contributed by atoms with Crippen LogP contribution in [0.25, 0.3) is 0 Å². The molecule has 0 saturated heterocycles. The summed E-state index contributed by atoms with van der Waals surface area (Å²) in [6.45, 7) is 3.84. The number of hydrogen-bond donors (Lipinski definition) is 1. The number of rotatable bonds is 6. The molecule has 2 aromatic carbocycles. The predicted molar refractivity (Wildman–Crippen MR) is 100 cm³/mol. The summed E-state index contributed by atoms with van der Waals surface area (Å²) in [6, 6.07) is 11.3. The second kappa shape index (κ2) is 7.87. The molecule has 8 nitrogen and oxygen atoms in total. The van der Waals surface area contributed by atoms with Gasteiger partial charge in [0.15, 0.2) is 5.69 Å². The smallest absolute Gasteiger partial charge is 0.311 e. The van der Waals surface area contributed by atoms with Gasteiger partial charge in [-0.2, -0.15) is 5.10 Å². The zero-order valence-electron chi connectivity index (χ0n) is 15.2. The molecule has 3 rings (SSSR count). The number of nitro benzene ring substituents is 1. The number of aryl methyl sites for hydroxylation is 1. The molecule has 3 aromatic rings. The van der Waals surface area contributed by atoms with Gasteiger partial charge in [0.25, 0.3) is 5.91 Å². The van der Waals surface area contributed by atoms with Crippen molar-refractivity contribution in [3.8, 4) is 11.6 Å². The highest BCUT2D eigenvalue weighted by atomic mass is 19.1. The first-order chi connectivity index (χ1) is 13.4. The van der Waals surface area contributed by atoms with E-state index >= 15 is 0 Å². The van der Waals surface area contributed by atoms with Gasteiger partial charge >= 0.3 is 5.69 Å². The Morgan fingerprint density at radius 1 is 1.25 bits per heavy atom. The zero-order valence-corrected chi connectivity index (χ0v) is 15.2. The predicted octanol–water partition coefficient (Wildman–Crippen LogP) is 4.30. The maximum atomic E-state index is 13.0. The van der Waals surface area contributed by atoms with Crippen molar-refractivity contribution in [1.82, 2.24) is 9.78 Å². The van der Waals surface area contributed by atoms with Gasteiger partial charge in [-0.05, 0) is 44.2 Å². The van der Waals surface area contributed by atoms with Crippen LogP contribution in [0.4, 0.5) is 15.8 Å². The lowest BCUT2D eigenvalue weighted by Crippen LogP contribution is -2.14. The van der Waals surface area contributed by atoms with Gasteiger partial charge in [-0.3, -0.25) is 14.9 Å². The third-order valence-corrected chi connectivity index (χ3v) is 4.02. The van der Waals surface area contributed by atoms with Crippen LogP contribution in [0.15, 0.2) is 48.5 Å². The molecule has 1 heterocycles. The molecular formula is C19H17FN4O4. The van der Waals surface area contributed by atoms with Gasteiger partial charge in [0.05, 0.1) is 4.92 Å². The summed E-state index contributed by atoms with van der Waals surface area (Å²) in [5.41, 5.74) is 0.764. The molecule has 0 fully saturated rings. The number of amides is 1. The molecule has 0 saturated carbocycles. The van der Waals surface area contributed by atoms with Crippen molar-refractivity contribution in [3.05, 3.63) is 75.7 Å². The van der Waals surface area contributed by atoms with E-state index in [0.29, 0.717) is 17.8 Å². The average Bonchev–Trinajstić information content (AvgIpc) is 3.00. The number of nitrogens with zero attached hydrogens (tertiary/aromatic N) is 3. The van der Waals surface area contributed by atoms with Crippen molar-refractivity contribution >= 4 is 17.3 Å². The number of nitrogens with one attached hydrogen (secondary N) is 1. The Kier molecular flexibility index (Phi) is 5.35. The zero-order chi connectivity index (χ0) is 20.3. The summed E-state index contributed by atoms with van der Waals surface area (Å²) in [6.07, 6.45) is 0. The number of para-hydroxylation sites is 2. The van der Waals surface area contributed by atoms with Crippen molar-refractivity contribution in [2.75, 3.05) is 5.32 Å². The minimum atomic E-state index is -0.542. The summed E-state index contributed by atoms with van der Waals surface area (Å²) in [5.74, 6) is -0.620. The number of nitro groups is 1. The van der Waals surface area contributed by atoms with Gasteiger partial charge in [0, 0.05) is 23.9 Å². The Balaban J connectivity index is 1.92. The van der Waals surface area contributed by atoms with Crippen LogP contribution in [-0.4, -0.2) is 20.6 Å². The van der Waals surface area contributed by atoms with Gasteiger partial charge in [-0.15, -0.1) is 0 Å². The molecule has 1 N–H and O–H groups in total. The molecular weight excluding hydrogens is 367 g/mol. The quantitative estimate of drug-likeness (QED) is 0.504. The van der Waals surface area contributed by atoms with Crippen molar-refractivity contribution in [1.29, 1.82) is 0 Å². The molecule has 0 atom stereocenters. The van der Waals surface area contributed by atoms with Gasteiger partial charge in [-0.25, -0.2) is 9.07 Å². The van der Waals surface area contributed by atoms with Gasteiger partial charge in [0.2, 0.25) is 11.6 Å². The number of carbonyl (C=O) groups is 1. The second-order valence-corrected chi connectivity index (χ2v) is 5.88. The fourth-order valence-electron chi connectivity index (χ4n) is 2.62. The molecule has 0 aliphatic heterocycles. The first-order valence-corrected chi connectivity index (χ1v) is 8.46. The van der Waals surface area contributed by atoms with E-state index in [-0.39, 0.29) is 23.0 Å². The number of aromatic nitrogens is 2. The van der Waals surface area contributed by atoms with E-state index < -0.39 is 16.6 Å². The summed E-state index contributed by atoms with van der Waals surface area (Å²) in [7, 11) is 0. The Bertz CT molecular complexity index is 1030. The minimum absolute atomic E-state index is 0.0516. The number of halogens is 1. The van der Waals surface area contributed by atoms with Crippen LogP contribution in [0.5, 0.6) is 11.6 Å². The third kappa shape index (κ3) is 3.83. The third-order valence-electron chi connectivity index (χ3n) is 4.02. The van der Waals surface area contributed by atoms with Crippen molar-refractivity contribution < 1.29 is 18.8 Å². The van der Waals surface area contributed by atoms with E-state index in [4.69, 9.17) is 4.74 Å². The van der Waals surface area contributed by atoms with Gasteiger partial charge < -0.3 is 10.1 Å². The van der Waals surface area contributed by atoms with E-state index in [9.17, 15) is 19.3 Å². The molecule has 0 unspecified atom stereocenters. The topological polar surface area (TPSA) is 99.3 Å². The van der Waals surface area contributed by atoms with E-state index in [1.807, 2.05) is 0 Å². The first-order valence-electron chi connectivity index (χ1n) is 8.46. The van der Waals surface area contributed by atoms with Crippen LogP contribution in [0.1, 0.15) is 23.0 Å². The van der Waals surface area contributed by atoms with Crippen LogP contribution < -0.4 is 10.1 Å². The van der Waals surface area contributed by atoms with Crippen LogP contribution in [0.2, 0.25) is 0 Å². The summed E-state index contributed by atoms with van der Waals surface area (Å²) >= 11 is 0. The Hall–Kier alpha value is -3.75. The Labute approximate surface area is 159 Å². The summed E-state index contributed by atoms with van der Waals surface area (Å²) in [4.78, 5) is 23.2.